The minimum absolute atomic E-state index is 0.312. The topological polar surface area (TPSA) is 51.5 Å². The molecule has 4 heteroatoms. The molecule has 1 N–H and O–H groups in total. The van der Waals surface area contributed by atoms with Crippen LogP contribution in [0.2, 0.25) is 0 Å². The number of esters is 1. The van der Waals surface area contributed by atoms with Gasteiger partial charge in [0.2, 0.25) is 5.76 Å². The van der Waals surface area contributed by atoms with Gasteiger partial charge in [-0.15, -0.1) is 0 Å². The van der Waals surface area contributed by atoms with Crippen LogP contribution in [0.25, 0.3) is 0 Å². The van der Waals surface area contributed by atoms with Gasteiger partial charge in [-0.2, -0.15) is 0 Å². The van der Waals surface area contributed by atoms with Crippen molar-refractivity contribution in [3.63, 3.8) is 0 Å². The molecule has 0 saturated heterocycles. The lowest BCUT2D eigenvalue weighted by atomic mass is 9.80. The molecule has 3 unspecified atom stereocenters. The molecular weight excluding hydrogens is 242 g/mol. The zero-order valence-corrected chi connectivity index (χ0v) is 11.9. The average molecular weight is 265 g/mol. The first kappa shape index (κ1) is 14.1. The highest BCUT2D eigenvalue weighted by atomic mass is 16.5. The first-order chi connectivity index (χ1) is 9.11. The Morgan fingerprint density at radius 1 is 1.47 bits per heavy atom. The van der Waals surface area contributed by atoms with Gasteiger partial charge in [-0.05, 0) is 37.2 Å². The molecule has 4 nitrogen and oxygen atoms in total. The van der Waals surface area contributed by atoms with Crippen LogP contribution >= 0.6 is 0 Å². The number of hydrogen-bond donors (Lipinski definition) is 1. The summed E-state index contributed by atoms with van der Waals surface area (Å²) in [6.07, 6.45) is 5.29. The van der Waals surface area contributed by atoms with Crippen molar-refractivity contribution in [3.05, 3.63) is 23.7 Å². The number of nitrogens with one attached hydrogen (secondary N) is 1. The number of hydrogen-bond acceptors (Lipinski definition) is 4. The summed E-state index contributed by atoms with van der Waals surface area (Å²) >= 11 is 0. The summed E-state index contributed by atoms with van der Waals surface area (Å²) in [5.74, 6) is 1.41. The van der Waals surface area contributed by atoms with Crippen LogP contribution in [0.1, 0.15) is 49.2 Å². The van der Waals surface area contributed by atoms with Crippen molar-refractivity contribution in [2.75, 3.05) is 7.11 Å². The molecule has 1 heterocycles. The van der Waals surface area contributed by atoms with Crippen molar-refractivity contribution in [2.24, 2.45) is 11.8 Å². The van der Waals surface area contributed by atoms with Crippen molar-refractivity contribution < 1.29 is 13.9 Å². The quantitative estimate of drug-likeness (QED) is 0.850. The third kappa shape index (κ3) is 3.38. The summed E-state index contributed by atoms with van der Waals surface area (Å²) in [5.41, 5.74) is 0.873. The lowest BCUT2D eigenvalue weighted by Crippen LogP contribution is -2.38. The highest BCUT2D eigenvalue weighted by Gasteiger charge is 2.25. The minimum Gasteiger partial charge on any atom is -0.463 e. The van der Waals surface area contributed by atoms with Crippen molar-refractivity contribution in [1.82, 2.24) is 5.32 Å². The second kappa shape index (κ2) is 6.24. The third-order valence-electron chi connectivity index (χ3n) is 4.10. The summed E-state index contributed by atoms with van der Waals surface area (Å²) in [6.45, 7) is 5.27. The molecule has 0 aromatic carbocycles. The Morgan fingerprint density at radius 3 is 2.95 bits per heavy atom. The summed E-state index contributed by atoms with van der Waals surface area (Å²) in [7, 11) is 1.37. The molecule has 3 atom stereocenters. The van der Waals surface area contributed by atoms with Crippen molar-refractivity contribution in [1.29, 1.82) is 0 Å². The molecule has 1 aromatic rings. The van der Waals surface area contributed by atoms with Gasteiger partial charge in [-0.1, -0.05) is 13.8 Å². The Labute approximate surface area is 114 Å². The predicted octanol–water partition coefficient (Wildman–Crippen LogP) is 2.98. The van der Waals surface area contributed by atoms with Gasteiger partial charge in [0.05, 0.1) is 13.4 Å². The second-order valence-electron chi connectivity index (χ2n) is 5.65. The molecule has 1 aliphatic rings. The standard InChI is InChI=1S/C15H23NO3/c1-10-4-5-13(11(2)8-10)16-9-12-6-7-19-14(12)15(17)18-3/h6-7,10-11,13,16H,4-5,8-9H2,1-3H3. The first-order valence-electron chi connectivity index (χ1n) is 7.00. The van der Waals surface area contributed by atoms with E-state index in [0.717, 1.165) is 11.5 Å². The number of carbonyl (C=O) groups excluding carboxylic acids is 1. The highest BCUT2D eigenvalue weighted by Crippen LogP contribution is 2.28. The van der Waals surface area contributed by atoms with Crippen LogP contribution in [-0.2, 0) is 11.3 Å². The number of methoxy groups -OCH3 is 1. The van der Waals surface area contributed by atoms with Crippen LogP contribution in [-0.4, -0.2) is 19.1 Å². The van der Waals surface area contributed by atoms with Gasteiger partial charge >= 0.3 is 5.97 Å². The molecule has 19 heavy (non-hydrogen) atoms. The van der Waals surface area contributed by atoms with E-state index in [1.54, 1.807) is 0 Å². The highest BCUT2D eigenvalue weighted by molar-refractivity contribution is 5.87. The Balaban J connectivity index is 1.92. The van der Waals surface area contributed by atoms with Crippen LogP contribution in [0.15, 0.2) is 16.7 Å². The van der Waals surface area contributed by atoms with Crippen LogP contribution < -0.4 is 5.32 Å². The van der Waals surface area contributed by atoms with E-state index in [1.807, 2.05) is 6.07 Å². The second-order valence-corrected chi connectivity index (χ2v) is 5.65. The summed E-state index contributed by atoms with van der Waals surface area (Å²) in [6, 6.07) is 2.35. The van der Waals surface area contributed by atoms with Gasteiger partial charge in [0.25, 0.3) is 0 Å². The molecule has 2 rings (SSSR count). The maximum atomic E-state index is 11.5. The Kier molecular flexibility index (Phi) is 4.64. The Morgan fingerprint density at radius 2 is 2.26 bits per heavy atom. The van der Waals surface area contributed by atoms with Crippen LogP contribution in [0.5, 0.6) is 0 Å². The first-order valence-corrected chi connectivity index (χ1v) is 7.00. The molecule has 1 aromatic heterocycles. The molecule has 0 aliphatic heterocycles. The fourth-order valence-electron chi connectivity index (χ4n) is 2.96. The average Bonchev–Trinajstić information content (AvgIpc) is 2.85. The minimum atomic E-state index is -0.410. The fraction of sp³-hybridized carbons (Fsp3) is 0.667. The number of carbonyl (C=O) groups is 1. The van der Waals surface area contributed by atoms with E-state index in [1.165, 1.54) is 32.6 Å². The van der Waals surface area contributed by atoms with E-state index >= 15 is 0 Å². The SMILES string of the molecule is COC(=O)c1occc1CNC1CCC(C)CC1C. The monoisotopic (exact) mass is 265 g/mol. The predicted molar refractivity (Wildman–Crippen MR) is 72.9 cm³/mol. The molecule has 1 saturated carbocycles. The molecule has 1 aliphatic carbocycles. The molecular formula is C15H23NO3. The summed E-state index contributed by atoms with van der Waals surface area (Å²) < 4.78 is 9.89. The molecule has 0 amide bonds. The largest absolute Gasteiger partial charge is 0.463 e. The maximum absolute atomic E-state index is 11.5. The zero-order chi connectivity index (χ0) is 13.8. The van der Waals surface area contributed by atoms with Gasteiger partial charge in [-0.25, -0.2) is 4.79 Å². The van der Waals surface area contributed by atoms with E-state index in [-0.39, 0.29) is 0 Å². The molecule has 0 spiro atoms. The molecule has 106 valence electrons. The lowest BCUT2D eigenvalue weighted by molar-refractivity contribution is 0.0563. The number of ether oxygens (including phenoxy) is 1. The normalized spacial score (nSPS) is 27.2. The Hall–Kier alpha value is -1.29. The van der Waals surface area contributed by atoms with Gasteiger partial charge in [-0.3, -0.25) is 0 Å². The summed E-state index contributed by atoms with van der Waals surface area (Å²) in [5, 5.41) is 3.55. The van der Waals surface area contributed by atoms with Crippen molar-refractivity contribution in [3.8, 4) is 0 Å². The number of rotatable bonds is 4. The lowest BCUT2D eigenvalue weighted by Gasteiger charge is -2.33. The maximum Gasteiger partial charge on any atom is 0.374 e. The molecule has 0 radical (unpaired) electrons. The fourth-order valence-corrected chi connectivity index (χ4v) is 2.96. The van der Waals surface area contributed by atoms with E-state index in [0.29, 0.717) is 24.3 Å². The zero-order valence-electron chi connectivity index (χ0n) is 11.9. The van der Waals surface area contributed by atoms with E-state index < -0.39 is 5.97 Å². The number of furan rings is 1. The van der Waals surface area contributed by atoms with Crippen molar-refractivity contribution in [2.45, 2.75) is 45.7 Å². The van der Waals surface area contributed by atoms with Crippen LogP contribution in [0, 0.1) is 11.8 Å². The van der Waals surface area contributed by atoms with Gasteiger partial charge < -0.3 is 14.5 Å². The van der Waals surface area contributed by atoms with Gasteiger partial charge in [0.15, 0.2) is 0 Å². The van der Waals surface area contributed by atoms with E-state index in [9.17, 15) is 4.79 Å². The van der Waals surface area contributed by atoms with Crippen LogP contribution in [0.4, 0.5) is 0 Å². The molecule has 0 bridgehead atoms. The smallest absolute Gasteiger partial charge is 0.374 e. The molecule has 1 fully saturated rings. The third-order valence-corrected chi connectivity index (χ3v) is 4.10. The van der Waals surface area contributed by atoms with Crippen LogP contribution in [0.3, 0.4) is 0 Å². The van der Waals surface area contributed by atoms with E-state index in [2.05, 4.69) is 19.2 Å². The van der Waals surface area contributed by atoms with E-state index in [4.69, 9.17) is 9.15 Å². The van der Waals surface area contributed by atoms with Crippen molar-refractivity contribution >= 4 is 5.97 Å². The van der Waals surface area contributed by atoms with Gasteiger partial charge in [0, 0.05) is 18.2 Å². The Bertz CT molecular complexity index is 427. The summed E-state index contributed by atoms with van der Waals surface area (Å²) in [4.78, 5) is 11.5. The van der Waals surface area contributed by atoms with Gasteiger partial charge in [0.1, 0.15) is 0 Å².